The van der Waals surface area contributed by atoms with Gasteiger partial charge < -0.3 is 9.64 Å². The standard InChI is InChI=1S/C23H34N2O2/c1-3-4-7-18-12-19-10-11-20(13-18)24(19)14-17(2)15-25-21-8-5-6-9-22(21)27-16-23(25)26/h5-6,8-9,17-20H,3-4,7,10-16H2,1-2H3/t17?,18?,19-,20+. The Kier molecular flexibility index (Phi) is 5.72. The summed E-state index contributed by atoms with van der Waals surface area (Å²) < 4.78 is 5.58. The minimum absolute atomic E-state index is 0.0850. The predicted octanol–water partition coefficient (Wildman–Crippen LogP) is 4.48. The van der Waals surface area contributed by atoms with Crippen LogP contribution in [-0.4, -0.2) is 42.6 Å². The van der Waals surface area contributed by atoms with Crippen molar-refractivity contribution in [2.45, 2.75) is 70.9 Å². The van der Waals surface area contributed by atoms with Crippen molar-refractivity contribution >= 4 is 11.6 Å². The van der Waals surface area contributed by atoms with Gasteiger partial charge in [0, 0.05) is 25.2 Å². The van der Waals surface area contributed by atoms with Crippen LogP contribution in [0.3, 0.4) is 0 Å². The number of ether oxygens (including phenoxy) is 1. The molecule has 0 spiro atoms. The van der Waals surface area contributed by atoms with Crippen LogP contribution >= 0.6 is 0 Å². The minimum atomic E-state index is 0.0850. The third kappa shape index (κ3) is 4.01. The van der Waals surface area contributed by atoms with Crippen molar-refractivity contribution in [1.29, 1.82) is 0 Å². The van der Waals surface area contributed by atoms with Crippen molar-refractivity contribution < 1.29 is 9.53 Å². The number of fused-ring (bicyclic) bond motifs is 3. The Labute approximate surface area is 163 Å². The maximum absolute atomic E-state index is 12.5. The van der Waals surface area contributed by atoms with Crippen LogP contribution in [0.15, 0.2) is 24.3 Å². The second-order valence-electron chi connectivity index (χ2n) is 8.93. The Bertz CT molecular complexity index is 648. The zero-order valence-corrected chi connectivity index (χ0v) is 16.9. The molecule has 1 amide bonds. The molecule has 3 aliphatic heterocycles. The number of benzene rings is 1. The number of para-hydroxylation sites is 2. The summed E-state index contributed by atoms with van der Waals surface area (Å²) in [4.78, 5) is 17.2. The van der Waals surface area contributed by atoms with Crippen LogP contribution < -0.4 is 9.64 Å². The summed E-state index contributed by atoms with van der Waals surface area (Å²) in [5.41, 5.74) is 0.932. The Morgan fingerprint density at radius 1 is 1.15 bits per heavy atom. The molecule has 2 unspecified atom stereocenters. The molecule has 2 saturated heterocycles. The highest BCUT2D eigenvalue weighted by atomic mass is 16.5. The summed E-state index contributed by atoms with van der Waals surface area (Å²) in [6.07, 6.45) is 9.66. The summed E-state index contributed by atoms with van der Waals surface area (Å²) in [5, 5.41) is 0. The van der Waals surface area contributed by atoms with E-state index in [0.717, 1.165) is 42.5 Å². The fraction of sp³-hybridized carbons (Fsp3) is 0.696. The van der Waals surface area contributed by atoms with Crippen molar-refractivity contribution in [1.82, 2.24) is 4.90 Å². The lowest BCUT2D eigenvalue weighted by Gasteiger charge is -2.41. The zero-order chi connectivity index (χ0) is 18.8. The minimum Gasteiger partial charge on any atom is -0.482 e. The van der Waals surface area contributed by atoms with E-state index in [2.05, 4.69) is 18.7 Å². The van der Waals surface area contributed by atoms with Gasteiger partial charge in [0.1, 0.15) is 5.75 Å². The summed E-state index contributed by atoms with van der Waals surface area (Å²) in [5.74, 6) is 2.33. The van der Waals surface area contributed by atoms with Gasteiger partial charge in [-0.05, 0) is 49.7 Å². The number of hydrogen-bond acceptors (Lipinski definition) is 3. The lowest BCUT2D eigenvalue weighted by Crippen LogP contribution is -2.48. The first-order valence-electron chi connectivity index (χ1n) is 10.9. The molecule has 148 valence electrons. The number of carbonyl (C=O) groups is 1. The number of nitrogens with zero attached hydrogens (tertiary/aromatic N) is 2. The van der Waals surface area contributed by atoms with E-state index in [0.29, 0.717) is 5.92 Å². The van der Waals surface area contributed by atoms with Crippen LogP contribution in [-0.2, 0) is 4.79 Å². The number of anilines is 1. The van der Waals surface area contributed by atoms with Crippen LogP contribution in [0.25, 0.3) is 0 Å². The Morgan fingerprint density at radius 3 is 2.63 bits per heavy atom. The smallest absolute Gasteiger partial charge is 0.265 e. The number of amides is 1. The Hall–Kier alpha value is -1.55. The molecule has 4 heteroatoms. The molecule has 3 heterocycles. The molecule has 1 aromatic rings. The van der Waals surface area contributed by atoms with E-state index in [9.17, 15) is 4.79 Å². The monoisotopic (exact) mass is 370 g/mol. The van der Waals surface area contributed by atoms with Gasteiger partial charge >= 0.3 is 0 Å². The predicted molar refractivity (Wildman–Crippen MR) is 109 cm³/mol. The lowest BCUT2D eigenvalue weighted by molar-refractivity contribution is -0.121. The van der Waals surface area contributed by atoms with Gasteiger partial charge in [0.25, 0.3) is 5.91 Å². The number of hydrogen-bond donors (Lipinski definition) is 0. The fourth-order valence-electron chi connectivity index (χ4n) is 5.50. The molecular weight excluding hydrogens is 336 g/mol. The van der Waals surface area contributed by atoms with E-state index in [1.54, 1.807) is 0 Å². The molecule has 1 aromatic carbocycles. The number of rotatable bonds is 7. The maximum Gasteiger partial charge on any atom is 0.265 e. The van der Waals surface area contributed by atoms with Gasteiger partial charge in [0.05, 0.1) is 5.69 Å². The van der Waals surface area contributed by atoms with E-state index in [4.69, 9.17) is 4.74 Å². The Balaban J connectivity index is 1.36. The van der Waals surface area contributed by atoms with E-state index in [1.165, 1.54) is 44.9 Å². The van der Waals surface area contributed by atoms with Crippen LogP contribution in [0.5, 0.6) is 5.75 Å². The van der Waals surface area contributed by atoms with Gasteiger partial charge in [0.15, 0.2) is 6.61 Å². The van der Waals surface area contributed by atoms with Crippen LogP contribution in [0.1, 0.15) is 58.8 Å². The van der Waals surface area contributed by atoms with Gasteiger partial charge in [0.2, 0.25) is 0 Å². The average Bonchev–Trinajstić information content (AvgIpc) is 2.90. The molecule has 4 nitrogen and oxygen atoms in total. The van der Waals surface area contributed by atoms with E-state index in [-0.39, 0.29) is 12.5 Å². The molecule has 0 N–H and O–H groups in total. The molecule has 0 radical (unpaired) electrons. The summed E-state index contributed by atoms with van der Waals surface area (Å²) >= 11 is 0. The first kappa shape index (κ1) is 18.8. The molecule has 27 heavy (non-hydrogen) atoms. The van der Waals surface area contributed by atoms with Crippen LogP contribution in [0.4, 0.5) is 5.69 Å². The van der Waals surface area contributed by atoms with Gasteiger partial charge in [-0.2, -0.15) is 0 Å². The quantitative estimate of drug-likeness (QED) is 0.709. The van der Waals surface area contributed by atoms with E-state index < -0.39 is 0 Å². The molecule has 4 atom stereocenters. The maximum atomic E-state index is 12.5. The average molecular weight is 371 g/mol. The summed E-state index contributed by atoms with van der Waals surface area (Å²) in [7, 11) is 0. The van der Waals surface area contributed by atoms with Crippen molar-refractivity contribution in [2.24, 2.45) is 11.8 Å². The molecule has 0 aliphatic carbocycles. The highest BCUT2D eigenvalue weighted by Gasteiger charge is 2.41. The van der Waals surface area contributed by atoms with Crippen LogP contribution in [0.2, 0.25) is 0 Å². The highest BCUT2D eigenvalue weighted by Crippen LogP contribution is 2.41. The molecule has 2 bridgehead atoms. The summed E-state index contributed by atoms with van der Waals surface area (Å²) in [6.45, 7) is 6.67. The fourth-order valence-corrected chi connectivity index (χ4v) is 5.50. The topological polar surface area (TPSA) is 32.8 Å². The van der Waals surface area contributed by atoms with Gasteiger partial charge in [-0.1, -0.05) is 45.2 Å². The van der Waals surface area contributed by atoms with E-state index >= 15 is 0 Å². The SMILES string of the molecule is CCCCC1C[C@H]2CC[C@@H](C1)N2CC(C)CN1C(=O)COc2ccccc21. The number of carbonyl (C=O) groups excluding carboxylic acids is 1. The third-order valence-corrected chi connectivity index (χ3v) is 6.77. The van der Waals surface area contributed by atoms with Gasteiger partial charge in [-0.25, -0.2) is 0 Å². The van der Waals surface area contributed by atoms with Crippen molar-refractivity contribution in [2.75, 3.05) is 24.6 Å². The number of unbranched alkanes of at least 4 members (excludes halogenated alkanes) is 1. The molecule has 3 aliphatic rings. The first-order chi connectivity index (χ1) is 13.2. The molecule has 2 fully saturated rings. The first-order valence-corrected chi connectivity index (χ1v) is 10.9. The highest BCUT2D eigenvalue weighted by molar-refractivity contribution is 5.97. The summed E-state index contributed by atoms with van der Waals surface area (Å²) in [6, 6.07) is 9.47. The molecular formula is C23H34N2O2. The lowest BCUT2D eigenvalue weighted by atomic mass is 9.86. The number of piperidine rings is 1. The molecule has 4 rings (SSSR count). The van der Waals surface area contributed by atoms with Crippen LogP contribution in [0, 0.1) is 11.8 Å². The van der Waals surface area contributed by atoms with Gasteiger partial charge in [-0.15, -0.1) is 0 Å². The van der Waals surface area contributed by atoms with Crippen molar-refractivity contribution in [3.8, 4) is 5.75 Å². The zero-order valence-electron chi connectivity index (χ0n) is 16.9. The van der Waals surface area contributed by atoms with Crippen molar-refractivity contribution in [3.05, 3.63) is 24.3 Å². The van der Waals surface area contributed by atoms with Gasteiger partial charge in [-0.3, -0.25) is 9.69 Å². The second-order valence-corrected chi connectivity index (χ2v) is 8.93. The largest absolute Gasteiger partial charge is 0.482 e. The second kappa shape index (κ2) is 8.22. The molecule has 0 aromatic heterocycles. The molecule has 0 saturated carbocycles. The normalized spacial score (nSPS) is 28.7. The third-order valence-electron chi connectivity index (χ3n) is 6.77. The van der Waals surface area contributed by atoms with E-state index in [1.807, 2.05) is 29.2 Å². The van der Waals surface area contributed by atoms with Crippen molar-refractivity contribution in [3.63, 3.8) is 0 Å². The Morgan fingerprint density at radius 2 is 1.89 bits per heavy atom.